The summed E-state index contributed by atoms with van der Waals surface area (Å²) in [7, 11) is 0. The van der Waals surface area contributed by atoms with Gasteiger partial charge in [-0.05, 0) is 30.0 Å². The fourth-order valence-electron chi connectivity index (χ4n) is 1.41. The van der Waals surface area contributed by atoms with E-state index in [1.165, 1.54) is 12.1 Å². The number of aromatic amines is 1. The second kappa shape index (κ2) is 4.46. The molecule has 0 aliphatic heterocycles. The van der Waals surface area contributed by atoms with Crippen LogP contribution in [0.15, 0.2) is 30.6 Å². The number of benzene rings is 1. The van der Waals surface area contributed by atoms with Crippen molar-refractivity contribution in [2.45, 2.75) is 0 Å². The van der Waals surface area contributed by atoms with Gasteiger partial charge < -0.3 is 20.1 Å². The summed E-state index contributed by atoms with van der Waals surface area (Å²) >= 11 is 4.73. The molecule has 2 rings (SSSR count). The van der Waals surface area contributed by atoms with Gasteiger partial charge in [0.05, 0.1) is 5.69 Å². The van der Waals surface area contributed by atoms with Crippen LogP contribution in [0.4, 0.5) is 5.69 Å². The number of nitrogens with zero attached hydrogens (tertiary/aromatic N) is 1. The Labute approximate surface area is 103 Å². The van der Waals surface area contributed by atoms with Gasteiger partial charge in [-0.1, -0.05) is 0 Å². The minimum atomic E-state index is -3.07. The standard InChI is InChI=1S/C9H11N4O2PS/c10-16(15,17)13-8-2-1-6(14)5-7(8)9-11-3-4-12-9/h1-5,14H,(H,11,12)(H4,10,13,15,17). The van der Waals surface area contributed by atoms with Crippen LogP contribution in [0.1, 0.15) is 0 Å². The van der Waals surface area contributed by atoms with E-state index >= 15 is 0 Å². The molecule has 0 bridgehead atoms. The van der Waals surface area contributed by atoms with Crippen molar-refractivity contribution in [2.24, 2.45) is 5.50 Å². The summed E-state index contributed by atoms with van der Waals surface area (Å²) in [6.45, 7) is -3.07. The van der Waals surface area contributed by atoms with E-state index in [4.69, 9.17) is 17.3 Å². The Hall–Kier alpha value is -1.40. The van der Waals surface area contributed by atoms with Crippen molar-refractivity contribution in [1.29, 1.82) is 0 Å². The Morgan fingerprint density at radius 3 is 2.82 bits per heavy atom. The number of hydrogen-bond donors (Lipinski definition) is 5. The predicted octanol–water partition coefficient (Wildman–Crippen LogP) is 1.37. The third-order valence-corrected chi connectivity index (χ3v) is 2.87. The largest absolute Gasteiger partial charge is 0.508 e. The molecular formula is C9H11N4O2PS. The van der Waals surface area contributed by atoms with Gasteiger partial charge >= 0.3 is 0 Å². The molecule has 6 nitrogen and oxygen atoms in total. The summed E-state index contributed by atoms with van der Waals surface area (Å²) in [5.74, 6) is 0.636. The molecule has 1 heterocycles. The van der Waals surface area contributed by atoms with Crippen molar-refractivity contribution in [2.75, 3.05) is 5.09 Å². The van der Waals surface area contributed by atoms with Crippen molar-refractivity contribution < 1.29 is 10.00 Å². The molecule has 0 fully saturated rings. The summed E-state index contributed by atoms with van der Waals surface area (Å²) in [6, 6.07) is 4.56. The number of H-pyrrole nitrogens is 1. The Morgan fingerprint density at radius 1 is 1.47 bits per heavy atom. The van der Waals surface area contributed by atoms with E-state index in [1.807, 2.05) is 0 Å². The minimum Gasteiger partial charge on any atom is -0.508 e. The number of nitrogens with two attached hydrogens (primary N) is 1. The topological polar surface area (TPSA) is 107 Å². The van der Waals surface area contributed by atoms with E-state index in [2.05, 4.69) is 15.1 Å². The van der Waals surface area contributed by atoms with Gasteiger partial charge in [0.1, 0.15) is 11.6 Å². The molecule has 8 heteroatoms. The van der Waals surface area contributed by atoms with Crippen LogP contribution in [-0.2, 0) is 11.8 Å². The average Bonchev–Trinajstić information content (AvgIpc) is 2.71. The van der Waals surface area contributed by atoms with Gasteiger partial charge in [-0.25, -0.2) is 4.98 Å². The monoisotopic (exact) mass is 270 g/mol. The Balaban J connectivity index is 2.49. The maximum atomic E-state index is 9.46. The number of aromatic hydroxyl groups is 1. The van der Waals surface area contributed by atoms with Gasteiger partial charge in [0.2, 0.25) is 6.57 Å². The smallest absolute Gasteiger partial charge is 0.218 e. The van der Waals surface area contributed by atoms with Crippen LogP contribution in [-0.4, -0.2) is 20.0 Å². The second-order valence-electron chi connectivity index (χ2n) is 3.40. The Bertz CT molecular complexity index is 566. The van der Waals surface area contributed by atoms with Gasteiger partial charge in [0.25, 0.3) is 0 Å². The number of rotatable bonds is 3. The van der Waals surface area contributed by atoms with Crippen molar-refractivity contribution in [3.63, 3.8) is 0 Å². The summed E-state index contributed by atoms with van der Waals surface area (Å²) in [4.78, 5) is 16.4. The van der Waals surface area contributed by atoms with E-state index < -0.39 is 6.57 Å². The first kappa shape index (κ1) is 12.1. The zero-order chi connectivity index (χ0) is 12.5. The number of imidazole rings is 1. The molecule has 0 aliphatic rings. The maximum Gasteiger partial charge on any atom is 0.218 e. The van der Waals surface area contributed by atoms with Crippen LogP contribution in [0.3, 0.4) is 0 Å². The molecule has 17 heavy (non-hydrogen) atoms. The Kier molecular flexibility index (Phi) is 3.17. The lowest BCUT2D eigenvalue weighted by molar-refractivity contribution is 0.475. The van der Waals surface area contributed by atoms with Crippen LogP contribution < -0.4 is 10.6 Å². The summed E-state index contributed by atoms with van der Waals surface area (Å²) in [6.07, 6.45) is 3.24. The first-order chi connectivity index (χ1) is 7.96. The molecule has 0 spiro atoms. The molecule has 6 N–H and O–H groups in total. The van der Waals surface area contributed by atoms with E-state index in [0.29, 0.717) is 17.1 Å². The molecule has 1 atom stereocenters. The highest BCUT2D eigenvalue weighted by Crippen LogP contribution is 2.37. The predicted molar refractivity (Wildman–Crippen MR) is 70.0 cm³/mol. The molecule has 0 saturated carbocycles. The number of anilines is 1. The zero-order valence-electron chi connectivity index (χ0n) is 8.66. The normalized spacial score (nSPS) is 14.2. The molecule has 0 amide bonds. The number of aromatic nitrogens is 2. The molecule has 1 aromatic heterocycles. The highest BCUT2D eigenvalue weighted by molar-refractivity contribution is 8.11. The van der Waals surface area contributed by atoms with Gasteiger partial charge in [-0.2, -0.15) is 0 Å². The highest BCUT2D eigenvalue weighted by atomic mass is 32.4. The van der Waals surface area contributed by atoms with Crippen molar-refractivity contribution in [1.82, 2.24) is 9.97 Å². The van der Waals surface area contributed by atoms with E-state index in [-0.39, 0.29) is 5.75 Å². The van der Waals surface area contributed by atoms with E-state index in [1.54, 1.807) is 18.5 Å². The highest BCUT2D eigenvalue weighted by Gasteiger charge is 2.12. The molecule has 0 saturated heterocycles. The summed E-state index contributed by atoms with van der Waals surface area (Å²) in [5, 5.41) is 12.1. The third kappa shape index (κ3) is 3.04. The fraction of sp³-hybridized carbons (Fsp3) is 0. The molecular weight excluding hydrogens is 259 g/mol. The van der Waals surface area contributed by atoms with Crippen LogP contribution in [0, 0.1) is 0 Å². The molecule has 90 valence electrons. The summed E-state index contributed by atoms with van der Waals surface area (Å²) < 4.78 is 0. The molecule has 0 aliphatic carbocycles. The van der Waals surface area contributed by atoms with E-state index in [0.717, 1.165) is 0 Å². The first-order valence-electron chi connectivity index (χ1n) is 4.68. The number of nitrogens with one attached hydrogen (secondary N) is 2. The third-order valence-electron chi connectivity index (χ3n) is 2.04. The lowest BCUT2D eigenvalue weighted by Gasteiger charge is -2.15. The van der Waals surface area contributed by atoms with Gasteiger partial charge in [0, 0.05) is 18.0 Å². The number of hydrogen-bond acceptors (Lipinski definition) is 3. The molecule has 0 radical (unpaired) electrons. The van der Waals surface area contributed by atoms with E-state index in [9.17, 15) is 10.00 Å². The van der Waals surface area contributed by atoms with Crippen molar-refractivity contribution in [3.8, 4) is 17.1 Å². The van der Waals surface area contributed by atoms with Crippen LogP contribution in [0.5, 0.6) is 5.75 Å². The SMILES string of the molecule is NP(O)(=S)Nc1ccc(O)cc1-c1ncc[nH]1. The van der Waals surface area contributed by atoms with Gasteiger partial charge in [-0.15, -0.1) is 0 Å². The van der Waals surface area contributed by atoms with Crippen LogP contribution in [0.2, 0.25) is 0 Å². The maximum absolute atomic E-state index is 9.46. The Morgan fingerprint density at radius 2 is 2.24 bits per heavy atom. The van der Waals surface area contributed by atoms with Crippen molar-refractivity contribution in [3.05, 3.63) is 30.6 Å². The lowest BCUT2D eigenvalue weighted by Crippen LogP contribution is -2.04. The summed E-state index contributed by atoms with van der Waals surface area (Å²) in [5.41, 5.74) is 6.51. The van der Waals surface area contributed by atoms with Crippen LogP contribution in [0.25, 0.3) is 11.4 Å². The second-order valence-corrected chi connectivity index (χ2v) is 6.54. The molecule has 1 unspecified atom stereocenters. The van der Waals surface area contributed by atoms with Gasteiger partial charge in [0.15, 0.2) is 0 Å². The first-order valence-corrected chi connectivity index (χ1v) is 7.50. The molecule has 1 aromatic carbocycles. The minimum absolute atomic E-state index is 0.0882. The number of phenols is 1. The fourth-order valence-corrected chi connectivity index (χ4v) is 2.25. The lowest BCUT2D eigenvalue weighted by atomic mass is 10.1. The average molecular weight is 270 g/mol. The van der Waals surface area contributed by atoms with Crippen LogP contribution >= 0.6 is 6.57 Å². The zero-order valence-corrected chi connectivity index (χ0v) is 10.4. The van der Waals surface area contributed by atoms with Gasteiger partial charge in [-0.3, -0.25) is 5.50 Å². The van der Waals surface area contributed by atoms with Crippen molar-refractivity contribution >= 4 is 24.1 Å². The quantitative estimate of drug-likeness (QED) is 0.426. The molecule has 2 aromatic rings. The number of phenolic OH excluding ortho intramolecular Hbond substituents is 1.